The van der Waals surface area contributed by atoms with Crippen molar-refractivity contribution in [3.05, 3.63) is 261 Å². The van der Waals surface area contributed by atoms with E-state index in [0.717, 1.165) is 0 Å². The summed E-state index contributed by atoms with van der Waals surface area (Å²) >= 11 is 0. The molecule has 0 aliphatic carbocycles. The van der Waals surface area contributed by atoms with Gasteiger partial charge < -0.3 is 40.8 Å². The zero-order chi connectivity index (χ0) is 52.7. The highest BCUT2D eigenvalue weighted by atomic mass is 31.2. The second-order valence-electron chi connectivity index (χ2n) is 16.3. The Labute approximate surface area is 436 Å². The van der Waals surface area contributed by atoms with Crippen molar-refractivity contribution >= 4 is 46.5 Å². The van der Waals surface area contributed by atoms with Gasteiger partial charge in [0, 0.05) is 23.0 Å². The fraction of sp³-hybridized carbons (Fsp3) is 0.0690. The number of hydrogen-bond acceptors (Lipinski definition) is 13. The molecule has 0 heterocycles. The molecule has 8 aromatic rings. The van der Waals surface area contributed by atoms with Crippen molar-refractivity contribution in [1.82, 2.24) is 0 Å². The molecule has 0 saturated carbocycles. The molecule has 0 radical (unpaired) electrons. The van der Waals surface area contributed by atoms with Gasteiger partial charge in [-0.25, -0.2) is 4.57 Å². The number of rotatable bonds is 26. The zero-order valence-corrected chi connectivity index (χ0v) is 44.3. The van der Waals surface area contributed by atoms with Crippen molar-refractivity contribution in [1.29, 1.82) is 0 Å². The molecule has 17 heteroatoms. The third kappa shape index (κ3) is 13.7. The highest BCUT2D eigenvalue weighted by Gasteiger charge is 2.39. The first-order valence-corrected chi connectivity index (χ1v) is 29.5. The summed E-state index contributed by atoms with van der Waals surface area (Å²) in [4.78, 5) is 0. The minimum absolute atomic E-state index is 0.105. The Balaban J connectivity index is 1.26. The van der Waals surface area contributed by atoms with Gasteiger partial charge in [-0.1, -0.05) is 109 Å². The average Bonchev–Trinajstić information content (AvgIpc) is 3.41. The second-order valence-corrected chi connectivity index (χ2v) is 23.6. The number of hydrogen-bond donors (Lipinski definition) is 0. The molecule has 0 N–H and O–H groups in total. The van der Waals surface area contributed by atoms with E-state index in [0.29, 0.717) is 32.6 Å². The number of phosphoric ester groups is 3. The van der Waals surface area contributed by atoms with E-state index < -0.39 is 30.6 Å². The van der Waals surface area contributed by atoms with Crippen LogP contribution in [0.4, 0.5) is 0 Å². The van der Waals surface area contributed by atoms with E-state index in [1.165, 1.54) is 7.11 Å². The van der Waals surface area contributed by atoms with Gasteiger partial charge in [0.2, 0.25) is 0 Å². The summed E-state index contributed by atoms with van der Waals surface area (Å²) in [6.07, 6.45) is 5.37. The maximum absolute atomic E-state index is 16.8. The van der Waals surface area contributed by atoms with Crippen molar-refractivity contribution in [2.75, 3.05) is 7.11 Å². The van der Waals surface area contributed by atoms with Crippen LogP contribution in [-0.2, 0) is 42.0 Å². The Morgan fingerprint density at radius 3 is 0.813 bits per heavy atom. The van der Waals surface area contributed by atoms with Crippen LogP contribution >= 0.6 is 30.6 Å². The normalized spacial score (nSPS) is 12.2. The first-order chi connectivity index (χ1) is 36.3. The maximum atomic E-state index is 16.8. The Bertz CT molecular complexity index is 3180. The molecule has 75 heavy (non-hydrogen) atoms. The van der Waals surface area contributed by atoms with Crippen molar-refractivity contribution in [2.24, 2.45) is 0 Å². The van der Waals surface area contributed by atoms with E-state index in [4.69, 9.17) is 40.7 Å². The lowest BCUT2D eigenvalue weighted by atomic mass is 10.1. The fourth-order valence-electron chi connectivity index (χ4n) is 7.56. The van der Waals surface area contributed by atoms with Gasteiger partial charge >= 0.3 is 23.5 Å². The smallest absolute Gasteiger partial charge is 0.395 e. The number of para-hydroxylation sites is 5. The minimum Gasteiger partial charge on any atom is -0.395 e. The second kappa shape index (κ2) is 24.5. The molecule has 8 aromatic carbocycles. The monoisotopic (exact) mass is 1080 g/mol. The van der Waals surface area contributed by atoms with Crippen molar-refractivity contribution in [3.63, 3.8) is 0 Å². The highest BCUT2D eigenvalue weighted by Crippen LogP contribution is 2.54. The molecular weight excluding hydrogens is 1030 g/mol. The van der Waals surface area contributed by atoms with E-state index in [-0.39, 0.29) is 65.3 Å². The molecule has 0 aliphatic heterocycles. The van der Waals surface area contributed by atoms with Crippen LogP contribution in [0.5, 0.6) is 46.0 Å². The summed E-state index contributed by atoms with van der Waals surface area (Å²) in [5.74, 6) is 1.52. The largest absolute Gasteiger partial charge is 0.647 e. The van der Waals surface area contributed by atoms with Gasteiger partial charge in [-0.3, -0.25) is 4.52 Å². The van der Waals surface area contributed by atoms with E-state index in [2.05, 4.69) is 19.7 Å². The molecule has 1 atom stereocenters. The van der Waals surface area contributed by atoms with Crippen molar-refractivity contribution < 1.29 is 59.0 Å². The van der Waals surface area contributed by atoms with Crippen LogP contribution in [0, 0.1) is 0 Å². The van der Waals surface area contributed by atoms with Gasteiger partial charge in [0.1, 0.15) is 46.0 Å². The van der Waals surface area contributed by atoms with Gasteiger partial charge in [0.05, 0.1) is 0 Å². The molecule has 13 nitrogen and oxygen atoms in total. The van der Waals surface area contributed by atoms with Gasteiger partial charge in [0.25, 0.3) is 0 Å². The third-order valence-electron chi connectivity index (χ3n) is 11.0. The van der Waals surface area contributed by atoms with E-state index in [1.54, 1.807) is 224 Å². The van der Waals surface area contributed by atoms with E-state index in [1.807, 2.05) is 0 Å². The zero-order valence-electron chi connectivity index (χ0n) is 40.7. The van der Waals surface area contributed by atoms with Crippen LogP contribution in [-0.4, -0.2) is 7.11 Å². The molecule has 382 valence electrons. The standard InChI is InChI=1S/C58H52O13P4/c1-5-23-45-42-53(36-39-56(45)69-73(60,63-4)64-48-26-13-8-14-27-48)72(59,54-37-40-57(46(43-54)24-6-2)70-74(61,65-49-28-15-9-16-29-49)66-50-30-17-10-18-31-50)55-38-41-58(47(44-55)25-7-3)71-75(62,67-51-32-19-11-20-33-51)68-52-34-21-12-22-35-52/h5-22,26-44H,1-3,23-25H2,4H3. The van der Waals surface area contributed by atoms with Crippen LogP contribution in [0.1, 0.15) is 16.7 Å². The topological polar surface area (TPSA) is 151 Å². The Morgan fingerprint density at radius 2 is 0.573 bits per heavy atom. The Hall–Kier alpha value is -7.74. The number of benzene rings is 8. The summed E-state index contributed by atoms with van der Waals surface area (Å²) in [5, 5.41) is 0.938. The summed E-state index contributed by atoms with van der Waals surface area (Å²) in [6, 6.07) is 56.9. The SMILES string of the molecule is C=CCc1cc(P(=O)(c2ccc(OP(=O)(Oc3ccccc3)Oc3ccccc3)c(CC=C)c2)c2ccc(OP(=O)(Oc3ccccc3)Oc3ccccc3)c(CC=C)c2)ccc1OP(=O)(OC)Oc1ccccc1. The van der Waals surface area contributed by atoms with Gasteiger partial charge in [0.15, 0.2) is 7.14 Å². The van der Waals surface area contributed by atoms with E-state index >= 15 is 4.57 Å². The Morgan fingerprint density at radius 1 is 0.333 bits per heavy atom. The molecule has 1 unspecified atom stereocenters. The van der Waals surface area contributed by atoms with Crippen LogP contribution in [0.2, 0.25) is 0 Å². The highest BCUT2D eigenvalue weighted by molar-refractivity contribution is 7.85. The molecule has 0 saturated heterocycles. The fourth-order valence-corrected chi connectivity index (χ4v) is 13.9. The molecule has 0 amide bonds. The molecule has 8 rings (SSSR count). The third-order valence-corrected chi connectivity index (χ3v) is 17.9. The predicted octanol–water partition coefficient (Wildman–Crippen LogP) is 15.0. The van der Waals surface area contributed by atoms with Crippen molar-refractivity contribution in [2.45, 2.75) is 19.3 Å². The van der Waals surface area contributed by atoms with Crippen LogP contribution in [0.15, 0.2) is 244 Å². The molecule has 0 spiro atoms. The quantitative estimate of drug-likeness (QED) is 0.0374. The summed E-state index contributed by atoms with van der Waals surface area (Å²) in [6.45, 7) is 11.9. The number of phosphoric acid groups is 3. The molecule has 0 aromatic heterocycles. The van der Waals surface area contributed by atoms with Gasteiger partial charge in [-0.15, -0.1) is 19.7 Å². The predicted molar refractivity (Wildman–Crippen MR) is 295 cm³/mol. The Kier molecular flexibility index (Phi) is 17.5. The lowest BCUT2D eigenvalue weighted by molar-refractivity contribution is 0.249. The summed E-state index contributed by atoms with van der Waals surface area (Å²) in [7, 11) is -16.1. The van der Waals surface area contributed by atoms with E-state index in [9.17, 15) is 13.7 Å². The number of allylic oxidation sites excluding steroid dienone is 3. The lowest BCUT2D eigenvalue weighted by Gasteiger charge is -2.25. The van der Waals surface area contributed by atoms with Crippen LogP contribution in [0.25, 0.3) is 0 Å². The van der Waals surface area contributed by atoms with Gasteiger partial charge in [-0.05, 0) is 151 Å². The maximum Gasteiger partial charge on any atom is 0.647 e. The van der Waals surface area contributed by atoms with Crippen LogP contribution < -0.4 is 52.1 Å². The summed E-state index contributed by atoms with van der Waals surface area (Å²) < 4.78 is 114. The molecule has 0 bridgehead atoms. The lowest BCUT2D eigenvalue weighted by Crippen LogP contribution is -2.26. The average molecular weight is 1080 g/mol. The molecular formula is C58H52O13P4. The van der Waals surface area contributed by atoms with Crippen LogP contribution in [0.3, 0.4) is 0 Å². The summed E-state index contributed by atoms with van der Waals surface area (Å²) in [5.41, 5.74) is 1.32. The van der Waals surface area contributed by atoms with Crippen molar-refractivity contribution in [3.8, 4) is 46.0 Å². The first-order valence-electron chi connectivity index (χ1n) is 23.4. The molecule has 0 fully saturated rings. The molecule has 0 aliphatic rings. The minimum atomic E-state index is -4.49. The van der Waals surface area contributed by atoms with Gasteiger partial charge in [-0.2, -0.15) is 9.13 Å². The first kappa shape index (κ1) is 53.5.